The summed E-state index contributed by atoms with van der Waals surface area (Å²) >= 11 is 0. The molecule has 6 heteroatoms. The minimum absolute atomic E-state index is 0.262. The standard InChI is InChI=1S/C13H16FN5/c1-3-9(2)16-12-8-15-19-13(18-12)17-11-7-5-4-6-10(11)14/h4-9H,3H2,1-2H3,(H2,16,17,18,19). The van der Waals surface area contributed by atoms with Gasteiger partial charge in [0.25, 0.3) is 0 Å². The molecule has 0 saturated heterocycles. The molecule has 19 heavy (non-hydrogen) atoms. The maximum Gasteiger partial charge on any atom is 0.249 e. The molecular weight excluding hydrogens is 245 g/mol. The van der Waals surface area contributed by atoms with E-state index in [0.29, 0.717) is 11.5 Å². The Morgan fingerprint density at radius 1 is 1.32 bits per heavy atom. The number of para-hydroxylation sites is 1. The average Bonchev–Trinajstić information content (AvgIpc) is 2.42. The molecule has 0 amide bonds. The molecule has 1 atom stereocenters. The lowest BCUT2D eigenvalue weighted by Crippen LogP contribution is -2.15. The van der Waals surface area contributed by atoms with Crippen LogP contribution in [0.25, 0.3) is 0 Å². The summed E-state index contributed by atoms with van der Waals surface area (Å²) < 4.78 is 13.5. The van der Waals surface area contributed by atoms with Crippen molar-refractivity contribution < 1.29 is 4.39 Å². The van der Waals surface area contributed by atoms with Gasteiger partial charge < -0.3 is 10.6 Å². The molecule has 2 rings (SSSR count). The summed E-state index contributed by atoms with van der Waals surface area (Å²) in [5, 5.41) is 13.7. The predicted octanol–water partition coefficient (Wildman–Crippen LogP) is 2.96. The van der Waals surface area contributed by atoms with E-state index in [-0.39, 0.29) is 17.8 Å². The molecule has 5 nitrogen and oxygen atoms in total. The van der Waals surface area contributed by atoms with E-state index < -0.39 is 0 Å². The van der Waals surface area contributed by atoms with Crippen molar-refractivity contribution in [3.05, 3.63) is 36.3 Å². The number of benzene rings is 1. The van der Waals surface area contributed by atoms with Crippen LogP contribution in [0.5, 0.6) is 0 Å². The van der Waals surface area contributed by atoms with Gasteiger partial charge in [0.05, 0.1) is 11.9 Å². The molecule has 0 aliphatic heterocycles. The second kappa shape index (κ2) is 6.08. The van der Waals surface area contributed by atoms with E-state index in [4.69, 9.17) is 0 Å². The zero-order valence-corrected chi connectivity index (χ0v) is 10.9. The van der Waals surface area contributed by atoms with Gasteiger partial charge in [-0.2, -0.15) is 10.1 Å². The first-order valence-corrected chi connectivity index (χ1v) is 6.17. The summed E-state index contributed by atoms with van der Waals surface area (Å²) in [6.07, 6.45) is 2.51. The van der Waals surface area contributed by atoms with Crippen molar-refractivity contribution in [2.45, 2.75) is 26.3 Å². The van der Waals surface area contributed by atoms with Crippen LogP contribution in [0.15, 0.2) is 30.5 Å². The molecule has 1 aromatic carbocycles. The smallest absolute Gasteiger partial charge is 0.249 e. The van der Waals surface area contributed by atoms with Crippen LogP contribution in [-0.2, 0) is 0 Å². The molecule has 2 N–H and O–H groups in total. The van der Waals surface area contributed by atoms with Gasteiger partial charge >= 0.3 is 0 Å². The monoisotopic (exact) mass is 261 g/mol. The van der Waals surface area contributed by atoms with Crippen molar-refractivity contribution in [1.82, 2.24) is 15.2 Å². The van der Waals surface area contributed by atoms with E-state index in [9.17, 15) is 4.39 Å². The number of nitrogens with one attached hydrogen (secondary N) is 2. The first-order valence-electron chi connectivity index (χ1n) is 6.17. The first kappa shape index (κ1) is 13.2. The average molecular weight is 261 g/mol. The molecule has 1 aromatic heterocycles. The molecule has 0 aliphatic carbocycles. The second-order valence-electron chi connectivity index (χ2n) is 4.22. The van der Waals surface area contributed by atoms with Crippen LogP contribution in [-0.4, -0.2) is 21.2 Å². The van der Waals surface area contributed by atoms with Gasteiger partial charge in [0.2, 0.25) is 5.95 Å². The minimum atomic E-state index is -0.355. The van der Waals surface area contributed by atoms with E-state index in [1.54, 1.807) is 24.4 Å². The lowest BCUT2D eigenvalue weighted by molar-refractivity contribution is 0.631. The number of anilines is 3. The molecule has 0 saturated carbocycles. The molecule has 0 aliphatic rings. The Hall–Kier alpha value is -2.24. The Kier molecular flexibility index (Phi) is 4.22. The summed E-state index contributed by atoms with van der Waals surface area (Å²) in [6, 6.07) is 6.64. The molecule has 100 valence electrons. The third-order valence-electron chi connectivity index (χ3n) is 2.69. The largest absolute Gasteiger partial charge is 0.366 e. The van der Waals surface area contributed by atoms with Crippen LogP contribution in [0.3, 0.4) is 0 Å². The predicted molar refractivity (Wildman–Crippen MR) is 72.9 cm³/mol. The van der Waals surface area contributed by atoms with Crippen LogP contribution in [0.2, 0.25) is 0 Å². The number of hydrogen-bond donors (Lipinski definition) is 2. The third kappa shape index (κ3) is 3.61. The van der Waals surface area contributed by atoms with E-state index in [1.807, 2.05) is 6.92 Å². The van der Waals surface area contributed by atoms with Gasteiger partial charge in [-0.1, -0.05) is 19.1 Å². The van der Waals surface area contributed by atoms with Crippen LogP contribution >= 0.6 is 0 Å². The van der Waals surface area contributed by atoms with Gasteiger partial charge in [-0.3, -0.25) is 0 Å². The van der Waals surface area contributed by atoms with E-state index in [1.165, 1.54) is 6.07 Å². The quantitative estimate of drug-likeness (QED) is 0.866. The first-order chi connectivity index (χ1) is 9.19. The highest BCUT2D eigenvalue weighted by Crippen LogP contribution is 2.17. The molecule has 2 aromatic rings. The van der Waals surface area contributed by atoms with Gasteiger partial charge in [-0.15, -0.1) is 5.10 Å². The van der Waals surface area contributed by atoms with E-state index >= 15 is 0 Å². The van der Waals surface area contributed by atoms with Crippen molar-refractivity contribution >= 4 is 17.5 Å². The van der Waals surface area contributed by atoms with Crippen molar-refractivity contribution in [2.24, 2.45) is 0 Å². The van der Waals surface area contributed by atoms with E-state index in [2.05, 4.69) is 32.7 Å². The SMILES string of the molecule is CCC(C)Nc1cnnc(Nc2ccccc2F)n1. The van der Waals surface area contributed by atoms with Crippen molar-refractivity contribution in [1.29, 1.82) is 0 Å². The summed E-state index contributed by atoms with van der Waals surface area (Å²) in [5.74, 6) is 0.521. The van der Waals surface area contributed by atoms with Crippen LogP contribution in [0.4, 0.5) is 21.8 Å². The lowest BCUT2D eigenvalue weighted by atomic mass is 10.3. The van der Waals surface area contributed by atoms with Gasteiger partial charge in [0.1, 0.15) is 5.82 Å². The molecule has 1 heterocycles. The molecule has 0 spiro atoms. The highest BCUT2D eigenvalue weighted by atomic mass is 19.1. The maximum atomic E-state index is 13.5. The number of nitrogens with zero attached hydrogens (tertiary/aromatic N) is 3. The van der Waals surface area contributed by atoms with Gasteiger partial charge in [-0.05, 0) is 25.5 Å². The second-order valence-corrected chi connectivity index (χ2v) is 4.22. The number of hydrogen-bond acceptors (Lipinski definition) is 5. The number of aromatic nitrogens is 3. The molecule has 0 radical (unpaired) electrons. The number of rotatable bonds is 5. The van der Waals surface area contributed by atoms with Gasteiger partial charge in [-0.25, -0.2) is 4.39 Å². The van der Waals surface area contributed by atoms with Gasteiger partial charge in [0.15, 0.2) is 5.82 Å². The Balaban J connectivity index is 2.13. The lowest BCUT2D eigenvalue weighted by Gasteiger charge is -2.12. The normalized spacial score (nSPS) is 11.9. The topological polar surface area (TPSA) is 62.7 Å². The van der Waals surface area contributed by atoms with Crippen molar-refractivity contribution in [3.63, 3.8) is 0 Å². The third-order valence-corrected chi connectivity index (χ3v) is 2.69. The zero-order chi connectivity index (χ0) is 13.7. The molecule has 0 bridgehead atoms. The Bertz CT molecular complexity index is 546. The fourth-order valence-electron chi connectivity index (χ4n) is 1.46. The van der Waals surface area contributed by atoms with Crippen LogP contribution in [0, 0.1) is 5.82 Å². The minimum Gasteiger partial charge on any atom is -0.366 e. The van der Waals surface area contributed by atoms with Crippen molar-refractivity contribution in [3.8, 4) is 0 Å². The van der Waals surface area contributed by atoms with Crippen molar-refractivity contribution in [2.75, 3.05) is 10.6 Å². The highest BCUT2D eigenvalue weighted by molar-refractivity contribution is 5.54. The summed E-state index contributed by atoms with van der Waals surface area (Å²) in [7, 11) is 0. The van der Waals surface area contributed by atoms with Gasteiger partial charge in [0, 0.05) is 6.04 Å². The molecule has 0 fully saturated rings. The van der Waals surface area contributed by atoms with Crippen LogP contribution < -0.4 is 10.6 Å². The maximum absolute atomic E-state index is 13.5. The fourth-order valence-corrected chi connectivity index (χ4v) is 1.46. The zero-order valence-electron chi connectivity index (χ0n) is 10.9. The van der Waals surface area contributed by atoms with E-state index in [0.717, 1.165) is 6.42 Å². The Morgan fingerprint density at radius 3 is 2.84 bits per heavy atom. The Labute approximate surface area is 111 Å². The highest BCUT2D eigenvalue weighted by Gasteiger charge is 2.06. The summed E-state index contributed by atoms with van der Waals surface area (Å²) in [5.41, 5.74) is 0.324. The summed E-state index contributed by atoms with van der Waals surface area (Å²) in [4.78, 5) is 4.23. The molecule has 1 unspecified atom stereocenters. The fraction of sp³-hybridized carbons (Fsp3) is 0.308. The summed E-state index contributed by atoms with van der Waals surface area (Å²) in [6.45, 7) is 4.12. The number of halogens is 1. The molecular formula is C13H16FN5. The Morgan fingerprint density at radius 2 is 2.11 bits per heavy atom. The van der Waals surface area contributed by atoms with Crippen LogP contribution in [0.1, 0.15) is 20.3 Å².